The molecule has 0 aliphatic rings. The number of aromatic amines is 1. The first-order valence-corrected chi connectivity index (χ1v) is 2.50. The molecule has 8 heavy (non-hydrogen) atoms. The van der Waals surface area contributed by atoms with E-state index >= 15 is 0 Å². The summed E-state index contributed by atoms with van der Waals surface area (Å²) in [5.41, 5.74) is 1.91. The summed E-state index contributed by atoms with van der Waals surface area (Å²) >= 11 is 0. The van der Waals surface area contributed by atoms with Crippen LogP contribution in [0.25, 0.3) is 0 Å². The molecule has 2 heteroatoms. The molecule has 0 aromatic carbocycles. The maximum Gasteiger partial charge on any atom is 0.0706 e. The molecule has 0 saturated carbocycles. The van der Waals surface area contributed by atoms with E-state index in [-0.39, 0.29) is 6.61 Å². The minimum Gasteiger partial charge on any atom is -0.392 e. The van der Waals surface area contributed by atoms with Crippen molar-refractivity contribution in [3.8, 4) is 0 Å². The highest BCUT2D eigenvalue weighted by Gasteiger charge is 1.93. The molecule has 1 aromatic heterocycles. The normalized spacial score (nSPS) is 9.75. The van der Waals surface area contributed by atoms with Crippen molar-refractivity contribution in [2.24, 2.45) is 0 Å². The number of hydrogen-bond donors (Lipinski definition) is 2. The molecule has 43 valence electrons. The van der Waals surface area contributed by atoms with Crippen LogP contribution in [0.1, 0.15) is 11.1 Å². The van der Waals surface area contributed by atoms with Gasteiger partial charge >= 0.3 is 0 Å². The van der Waals surface area contributed by atoms with E-state index in [0.717, 1.165) is 11.1 Å². The fraction of sp³-hybridized carbons (Fsp3) is 0.333. The Labute approximate surface area is 48.2 Å². The Balaban J connectivity index is 2.92. The molecule has 0 amide bonds. The molecule has 0 bridgehead atoms. The van der Waals surface area contributed by atoms with Gasteiger partial charge in [0.25, 0.3) is 0 Å². The molecule has 0 aliphatic carbocycles. The van der Waals surface area contributed by atoms with E-state index in [0.29, 0.717) is 0 Å². The van der Waals surface area contributed by atoms with E-state index in [4.69, 9.17) is 5.11 Å². The Hall–Kier alpha value is -0.760. The molecular formula is C6H8NO. The monoisotopic (exact) mass is 110 g/mol. The second-order valence-electron chi connectivity index (χ2n) is 1.73. The predicted molar refractivity (Wildman–Crippen MR) is 30.3 cm³/mol. The molecule has 1 heterocycles. The molecule has 0 saturated heterocycles. The van der Waals surface area contributed by atoms with E-state index in [1.807, 2.05) is 13.1 Å². The van der Waals surface area contributed by atoms with Crippen LogP contribution in [-0.2, 0) is 6.61 Å². The van der Waals surface area contributed by atoms with Crippen molar-refractivity contribution in [1.29, 1.82) is 0 Å². The Morgan fingerprint density at radius 2 is 2.62 bits per heavy atom. The summed E-state index contributed by atoms with van der Waals surface area (Å²) in [5, 5.41) is 8.56. The SMILES string of the molecule is Cc1c[nH][c]c1CO. The van der Waals surface area contributed by atoms with Gasteiger partial charge < -0.3 is 10.1 Å². The van der Waals surface area contributed by atoms with Gasteiger partial charge in [0, 0.05) is 11.8 Å². The van der Waals surface area contributed by atoms with Crippen molar-refractivity contribution in [3.63, 3.8) is 0 Å². The van der Waals surface area contributed by atoms with Gasteiger partial charge in [-0.1, -0.05) is 0 Å². The zero-order chi connectivity index (χ0) is 5.98. The average molecular weight is 110 g/mol. The smallest absolute Gasteiger partial charge is 0.0706 e. The standard InChI is InChI=1S/C6H8NO/c1-5-2-7-3-6(5)4-8/h2,7-8H,4H2,1H3. The number of rotatable bonds is 1. The van der Waals surface area contributed by atoms with Gasteiger partial charge in [0.2, 0.25) is 0 Å². The fourth-order valence-corrected chi connectivity index (χ4v) is 0.581. The second-order valence-corrected chi connectivity index (χ2v) is 1.73. The summed E-state index contributed by atoms with van der Waals surface area (Å²) in [7, 11) is 0. The van der Waals surface area contributed by atoms with Crippen LogP contribution < -0.4 is 0 Å². The number of aliphatic hydroxyl groups is 1. The van der Waals surface area contributed by atoms with Crippen molar-refractivity contribution >= 4 is 0 Å². The molecule has 1 rings (SSSR count). The van der Waals surface area contributed by atoms with Crippen LogP contribution in [0.2, 0.25) is 0 Å². The van der Waals surface area contributed by atoms with Crippen LogP contribution in [0.5, 0.6) is 0 Å². The molecule has 0 fully saturated rings. The van der Waals surface area contributed by atoms with Gasteiger partial charge in [0.1, 0.15) is 0 Å². The summed E-state index contributed by atoms with van der Waals surface area (Å²) in [6, 6.07) is 0. The summed E-state index contributed by atoms with van der Waals surface area (Å²) < 4.78 is 0. The highest BCUT2D eigenvalue weighted by atomic mass is 16.3. The number of hydrogen-bond acceptors (Lipinski definition) is 1. The summed E-state index contributed by atoms with van der Waals surface area (Å²) in [6.07, 6.45) is 4.59. The molecule has 2 N–H and O–H groups in total. The summed E-state index contributed by atoms with van der Waals surface area (Å²) in [5.74, 6) is 0. The van der Waals surface area contributed by atoms with Crippen LogP contribution in [0.3, 0.4) is 0 Å². The van der Waals surface area contributed by atoms with E-state index in [9.17, 15) is 0 Å². The Kier molecular flexibility index (Phi) is 1.35. The lowest BCUT2D eigenvalue weighted by molar-refractivity contribution is 0.281. The largest absolute Gasteiger partial charge is 0.392 e. The summed E-state index contributed by atoms with van der Waals surface area (Å²) in [6.45, 7) is 2.01. The second kappa shape index (κ2) is 2.01. The van der Waals surface area contributed by atoms with Gasteiger partial charge in [0.05, 0.1) is 12.8 Å². The third-order valence-corrected chi connectivity index (χ3v) is 1.15. The van der Waals surface area contributed by atoms with Crippen LogP contribution in [0.4, 0.5) is 0 Å². The number of nitrogens with one attached hydrogen (secondary N) is 1. The number of aliphatic hydroxyl groups excluding tert-OH is 1. The van der Waals surface area contributed by atoms with Crippen LogP contribution in [0.15, 0.2) is 6.20 Å². The Morgan fingerprint density at radius 3 is 2.88 bits per heavy atom. The maximum atomic E-state index is 8.56. The van der Waals surface area contributed by atoms with Crippen molar-refractivity contribution < 1.29 is 5.11 Å². The van der Waals surface area contributed by atoms with Crippen molar-refractivity contribution in [2.45, 2.75) is 13.5 Å². The zero-order valence-electron chi connectivity index (χ0n) is 4.73. The van der Waals surface area contributed by atoms with Gasteiger partial charge in [-0.15, -0.1) is 0 Å². The third-order valence-electron chi connectivity index (χ3n) is 1.15. The van der Waals surface area contributed by atoms with Crippen molar-refractivity contribution in [3.05, 3.63) is 23.5 Å². The molecule has 1 radical (unpaired) electrons. The lowest BCUT2D eigenvalue weighted by Gasteiger charge is -1.86. The maximum absolute atomic E-state index is 8.56. The van der Waals surface area contributed by atoms with Crippen LogP contribution in [0, 0.1) is 13.1 Å². The van der Waals surface area contributed by atoms with Gasteiger partial charge in [0.15, 0.2) is 0 Å². The molecule has 0 aliphatic heterocycles. The number of aryl methyl sites for hydroxylation is 1. The predicted octanol–water partition coefficient (Wildman–Crippen LogP) is 0.616. The Morgan fingerprint density at radius 1 is 1.88 bits per heavy atom. The molecule has 0 spiro atoms. The van der Waals surface area contributed by atoms with E-state index in [2.05, 4.69) is 11.2 Å². The molecule has 0 unspecified atom stereocenters. The van der Waals surface area contributed by atoms with E-state index in [1.54, 1.807) is 0 Å². The quantitative estimate of drug-likeness (QED) is 0.546. The highest BCUT2D eigenvalue weighted by molar-refractivity contribution is 5.18. The first-order chi connectivity index (χ1) is 3.84. The molecule has 0 atom stereocenters. The van der Waals surface area contributed by atoms with E-state index in [1.165, 1.54) is 0 Å². The minimum absolute atomic E-state index is 0.0787. The van der Waals surface area contributed by atoms with Crippen molar-refractivity contribution in [1.82, 2.24) is 4.98 Å². The fourth-order valence-electron chi connectivity index (χ4n) is 0.581. The highest BCUT2D eigenvalue weighted by Crippen LogP contribution is 2.02. The van der Waals surface area contributed by atoms with Gasteiger partial charge in [-0.05, 0) is 12.5 Å². The number of H-pyrrole nitrogens is 1. The zero-order valence-corrected chi connectivity index (χ0v) is 4.73. The van der Waals surface area contributed by atoms with E-state index < -0.39 is 0 Å². The lowest BCUT2D eigenvalue weighted by atomic mass is 10.2. The van der Waals surface area contributed by atoms with Gasteiger partial charge in [-0.3, -0.25) is 0 Å². The first kappa shape index (κ1) is 5.38. The summed E-state index contributed by atoms with van der Waals surface area (Å²) in [4.78, 5) is 2.76. The third kappa shape index (κ3) is 0.746. The van der Waals surface area contributed by atoms with Gasteiger partial charge in [-0.25, -0.2) is 0 Å². The Bertz CT molecular complexity index is 169. The number of aromatic nitrogens is 1. The average Bonchev–Trinajstić information content (AvgIpc) is 2.14. The minimum atomic E-state index is 0.0787. The molecule has 1 aromatic rings. The van der Waals surface area contributed by atoms with Crippen LogP contribution >= 0.6 is 0 Å². The first-order valence-electron chi connectivity index (χ1n) is 2.50. The lowest BCUT2D eigenvalue weighted by Crippen LogP contribution is -1.79. The topological polar surface area (TPSA) is 36.0 Å². The molecule has 2 nitrogen and oxygen atoms in total. The molecular weight excluding hydrogens is 102 g/mol. The van der Waals surface area contributed by atoms with Crippen molar-refractivity contribution in [2.75, 3.05) is 0 Å². The van der Waals surface area contributed by atoms with Gasteiger partial charge in [-0.2, -0.15) is 0 Å². The van der Waals surface area contributed by atoms with Crippen LogP contribution in [-0.4, -0.2) is 10.1 Å².